The van der Waals surface area contributed by atoms with Gasteiger partial charge in [-0.1, -0.05) is 25.1 Å². The molecule has 0 saturated carbocycles. The molecule has 2 heterocycles. The van der Waals surface area contributed by atoms with Crippen molar-refractivity contribution in [2.45, 2.75) is 12.8 Å². The van der Waals surface area contributed by atoms with Crippen LogP contribution in [0.15, 0.2) is 24.3 Å². The van der Waals surface area contributed by atoms with Crippen molar-refractivity contribution < 1.29 is 0 Å². The van der Waals surface area contributed by atoms with Gasteiger partial charge in [-0.2, -0.15) is 0 Å². The minimum atomic E-state index is 0.631. The Kier molecular flexibility index (Phi) is 1.23. The Morgan fingerprint density at radius 2 is 2.15 bits per heavy atom. The summed E-state index contributed by atoms with van der Waals surface area (Å²) in [5.41, 5.74) is 2.70. The molecular formula is C11H12N2. The number of anilines is 1. The standard InChI is InChI=1S/C11H12N2/c1-7-6-12-11-10(7)8-4-2-3-5-9(8)13-11/h2-5,7,12-13H,6H2,1H3. The number of para-hydroxylation sites is 1. The molecule has 1 unspecified atom stereocenters. The summed E-state index contributed by atoms with van der Waals surface area (Å²) in [6.45, 7) is 3.32. The first-order chi connectivity index (χ1) is 6.36. The van der Waals surface area contributed by atoms with Crippen LogP contribution in [0, 0.1) is 0 Å². The fourth-order valence-corrected chi connectivity index (χ4v) is 2.17. The Balaban J connectivity index is 2.40. The summed E-state index contributed by atoms with van der Waals surface area (Å²) in [6.07, 6.45) is 0. The van der Waals surface area contributed by atoms with Crippen molar-refractivity contribution in [3.63, 3.8) is 0 Å². The average molecular weight is 172 g/mol. The second-order valence-corrected chi connectivity index (χ2v) is 3.74. The van der Waals surface area contributed by atoms with Crippen LogP contribution in [-0.2, 0) is 0 Å². The maximum atomic E-state index is 3.40. The second-order valence-electron chi connectivity index (χ2n) is 3.74. The minimum absolute atomic E-state index is 0.631. The van der Waals surface area contributed by atoms with Crippen molar-refractivity contribution in [3.8, 4) is 0 Å². The molecule has 0 aliphatic carbocycles. The molecule has 1 aliphatic rings. The van der Waals surface area contributed by atoms with E-state index in [0.29, 0.717) is 5.92 Å². The summed E-state index contributed by atoms with van der Waals surface area (Å²) in [5, 5.41) is 4.75. The normalized spacial score (nSPS) is 20.2. The van der Waals surface area contributed by atoms with Gasteiger partial charge in [0, 0.05) is 28.9 Å². The van der Waals surface area contributed by atoms with Gasteiger partial charge in [0.1, 0.15) is 5.82 Å². The molecule has 1 aromatic heterocycles. The lowest BCUT2D eigenvalue weighted by Crippen LogP contribution is -1.98. The molecule has 0 spiro atoms. The summed E-state index contributed by atoms with van der Waals surface area (Å²) in [6, 6.07) is 8.48. The molecule has 0 amide bonds. The van der Waals surface area contributed by atoms with Gasteiger partial charge in [0.2, 0.25) is 0 Å². The van der Waals surface area contributed by atoms with Crippen molar-refractivity contribution in [3.05, 3.63) is 29.8 Å². The fraction of sp³-hybridized carbons (Fsp3) is 0.273. The molecule has 66 valence electrons. The first-order valence-electron chi connectivity index (χ1n) is 4.71. The lowest BCUT2D eigenvalue weighted by atomic mass is 10.0. The minimum Gasteiger partial charge on any atom is -0.371 e. The molecule has 3 rings (SSSR count). The van der Waals surface area contributed by atoms with E-state index in [1.165, 1.54) is 22.3 Å². The van der Waals surface area contributed by atoms with Crippen molar-refractivity contribution in [1.82, 2.24) is 4.98 Å². The number of aromatic nitrogens is 1. The van der Waals surface area contributed by atoms with Crippen LogP contribution in [-0.4, -0.2) is 11.5 Å². The first kappa shape index (κ1) is 7.01. The lowest BCUT2D eigenvalue weighted by molar-refractivity contribution is 0.860. The molecule has 1 atom stereocenters. The SMILES string of the molecule is CC1CNc2[nH]c3ccccc3c21. The molecule has 2 N–H and O–H groups in total. The molecule has 2 heteroatoms. The van der Waals surface area contributed by atoms with E-state index in [2.05, 4.69) is 41.5 Å². The van der Waals surface area contributed by atoms with Gasteiger partial charge < -0.3 is 10.3 Å². The predicted molar refractivity (Wildman–Crippen MR) is 55.2 cm³/mol. The second kappa shape index (κ2) is 2.28. The van der Waals surface area contributed by atoms with Gasteiger partial charge in [-0.25, -0.2) is 0 Å². The number of fused-ring (bicyclic) bond motifs is 3. The molecule has 0 fully saturated rings. The Hall–Kier alpha value is -1.44. The third kappa shape index (κ3) is 0.829. The Morgan fingerprint density at radius 3 is 3.08 bits per heavy atom. The Labute approximate surface area is 77.0 Å². The first-order valence-corrected chi connectivity index (χ1v) is 4.71. The van der Waals surface area contributed by atoms with Gasteiger partial charge in [-0.05, 0) is 6.07 Å². The maximum absolute atomic E-state index is 3.40. The van der Waals surface area contributed by atoms with Crippen molar-refractivity contribution in [2.75, 3.05) is 11.9 Å². The molecule has 1 aliphatic heterocycles. The third-order valence-electron chi connectivity index (χ3n) is 2.82. The van der Waals surface area contributed by atoms with Gasteiger partial charge in [0.15, 0.2) is 0 Å². The summed E-state index contributed by atoms with van der Waals surface area (Å²) >= 11 is 0. The lowest BCUT2D eigenvalue weighted by Gasteiger charge is -2.00. The number of benzene rings is 1. The maximum Gasteiger partial charge on any atom is 0.107 e. The van der Waals surface area contributed by atoms with Crippen LogP contribution in [0.25, 0.3) is 10.9 Å². The van der Waals surface area contributed by atoms with E-state index in [9.17, 15) is 0 Å². The van der Waals surface area contributed by atoms with Crippen molar-refractivity contribution >= 4 is 16.7 Å². The van der Waals surface area contributed by atoms with Crippen LogP contribution in [0.4, 0.5) is 5.82 Å². The topological polar surface area (TPSA) is 27.8 Å². The van der Waals surface area contributed by atoms with E-state index in [0.717, 1.165) is 6.54 Å². The molecule has 0 bridgehead atoms. The largest absolute Gasteiger partial charge is 0.371 e. The number of hydrogen-bond acceptors (Lipinski definition) is 1. The Morgan fingerprint density at radius 1 is 1.31 bits per heavy atom. The zero-order valence-electron chi connectivity index (χ0n) is 7.59. The van der Waals surface area contributed by atoms with Gasteiger partial charge in [0.25, 0.3) is 0 Å². The molecule has 2 nitrogen and oxygen atoms in total. The molecule has 0 radical (unpaired) electrons. The molecular weight excluding hydrogens is 160 g/mol. The van der Waals surface area contributed by atoms with Gasteiger partial charge in [-0.15, -0.1) is 0 Å². The van der Waals surface area contributed by atoms with E-state index in [1.54, 1.807) is 0 Å². The van der Waals surface area contributed by atoms with Crippen LogP contribution in [0.3, 0.4) is 0 Å². The number of rotatable bonds is 0. The monoisotopic (exact) mass is 172 g/mol. The van der Waals surface area contributed by atoms with E-state index in [1.807, 2.05) is 0 Å². The van der Waals surface area contributed by atoms with Crippen LogP contribution in [0.1, 0.15) is 18.4 Å². The van der Waals surface area contributed by atoms with Gasteiger partial charge in [0.05, 0.1) is 0 Å². The highest BCUT2D eigenvalue weighted by atomic mass is 15.0. The summed E-state index contributed by atoms with van der Waals surface area (Å²) < 4.78 is 0. The average Bonchev–Trinajstić information content (AvgIpc) is 2.66. The van der Waals surface area contributed by atoms with E-state index in [4.69, 9.17) is 0 Å². The number of aromatic amines is 1. The highest BCUT2D eigenvalue weighted by Crippen LogP contribution is 2.36. The Bertz CT molecular complexity index is 456. The molecule has 2 aromatic rings. The van der Waals surface area contributed by atoms with Gasteiger partial charge >= 0.3 is 0 Å². The smallest absolute Gasteiger partial charge is 0.107 e. The summed E-state index contributed by atoms with van der Waals surface area (Å²) in [4.78, 5) is 3.40. The number of hydrogen-bond donors (Lipinski definition) is 2. The quantitative estimate of drug-likeness (QED) is 0.628. The van der Waals surface area contributed by atoms with Gasteiger partial charge in [-0.3, -0.25) is 0 Å². The molecule has 13 heavy (non-hydrogen) atoms. The van der Waals surface area contributed by atoms with Crippen molar-refractivity contribution in [1.29, 1.82) is 0 Å². The van der Waals surface area contributed by atoms with Crippen LogP contribution < -0.4 is 5.32 Å². The van der Waals surface area contributed by atoms with Crippen LogP contribution in [0.2, 0.25) is 0 Å². The summed E-state index contributed by atoms with van der Waals surface area (Å²) in [7, 11) is 0. The van der Waals surface area contributed by atoms with E-state index in [-0.39, 0.29) is 0 Å². The van der Waals surface area contributed by atoms with E-state index < -0.39 is 0 Å². The molecule has 1 aromatic carbocycles. The third-order valence-corrected chi connectivity index (χ3v) is 2.82. The molecule has 0 saturated heterocycles. The summed E-state index contributed by atoms with van der Waals surface area (Å²) in [5.74, 6) is 1.85. The highest BCUT2D eigenvalue weighted by Gasteiger charge is 2.22. The predicted octanol–water partition coefficient (Wildman–Crippen LogP) is 2.70. The van der Waals surface area contributed by atoms with E-state index >= 15 is 0 Å². The zero-order chi connectivity index (χ0) is 8.84. The number of nitrogens with one attached hydrogen (secondary N) is 2. The number of H-pyrrole nitrogens is 1. The fourth-order valence-electron chi connectivity index (χ4n) is 2.17. The van der Waals surface area contributed by atoms with Crippen LogP contribution >= 0.6 is 0 Å². The van der Waals surface area contributed by atoms with Crippen molar-refractivity contribution in [2.24, 2.45) is 0 Å². The zero-order valence-corrected chi connectivity index (χ0v) is 7.59. The highest BCUT2D eigenvalue weighted by molar-refractivity contribution is 5.90. The van der Waals surface area contributed by atoms with Crippen LogP contribution in [0.5, 0.6) is 0 Å².